The molecule has 2 aromatic rings. The summed E-state index contributed by atoms with van der Waals surface area (Å²) in [5.74, 6) is 0.0929. The molecule has 0 spiro atoms. The van der Waals surface area contributed by atoms with Crippen LogP contribution in [0.2, 0.25) is 0 Å². The summed E-state index contributed by atoms with van der Waals surface area (Å²) in [6, 6.07) is 8.09. The van der Waals surface area contributed by atoms with Gasteiger partial charge in [0.2, 0.25) is 0 Å². The maximum absolute atomic E-state index is 13.1. The smallest absolute Gasteiger partial charge is 0.172 e. The van der Waals surface area contributed by atoms with Gasteiger partial charge in [-0.2, -0.15) is 0 Å². The van der Waals surface area contributed by atoms with E-state index in [4.69, 9.17) is 4.74 Å². The summed E-state index contributed by atoms with van der Waals surface area (Å²) in [6.07, 6.45) is 0.656. The molecule has 1 aromatic heterocycles. The Morgan fingerprint density at radius 1 is 1.37 bits per heavy atom. The van der Waals surface area contributed by atoms with Crippen molar-refractivity contribution in [3.05, 3.63) is 57.6 Å². The molecule has 1 heterocycles. The Bertz CT molecular complexity index is 616. The summed E-state index contributed by atoms with van der Waals surface area (Å²) in [6.45, 7) is 2.04. The van der Waals surface area contributed by atoms with Gasteiger partial charge in [-0.25, -0.2) is 9.37 Å². The van der Waals surface area contributed by atoms with Crippen molar-refractivity contribution >= 4 is 22.2 Å². The van der Waals surface area contributed by atoms with Crippen molar-refractivity contribution in [1.82, 2.24) is 4.98 Å². The van der Waals surface area contributed by atoms with Gasteiger partial charge in [-0.3, -0.25) is 4.79 Å². The maximum atomic E-state index is 13.1. The van der Waals surface area contributed by atoms with Gasteiger partial charge < -0.3 is 4.74 Å². The third-order valence-electron chi connectivity index (χ3n) is 2.52. The summed E-state index contributed by atoms with van der Waals surface area (Å²) in [7, 11) is 0. The highest BCUT2D eigenvalue weighted by Crippen LogP contribution is 2.20. The van der Waals surface area contributed by atoms with E-state index in [1.165, 1.54) is 6.07 Å². The van der Waals surface area contributed by atoms with Gasteiger partial charge in [0.15, 0.2) is 6.29 Å². The molecule has 0 aliphatic heterocycles. The van der Waals surface area contributed by atoms with Gasteiger partial charge in [0.05, 0.1) is 4.47 Å². The molecule has 0 atom stereocenters. The van der Waals surface area contributed by atoms with Gasteiger partial charge in [-0.05, 0) is 52.7 Å². The monoisotopic (exact) mass is 323 g/mol. The van der Waals surface area contributed by atoms with Crippen LogP contribution in [-0.2, 0) is 6.61 Å². The van der Waals surface area contributed by atoms with E-state index in [-0.39, 0.29) is 18.1 Å². The number of rotatable bonds is 4. The second-order valence-corrected chi connectivity index (χ2v) is 4.85. The number of pyridine rings is 1. The molecule has 0 unspecified atom stereocenters. The van der Waals surface area contributed by atoms with Crippen molar-refractivity contribution in [2.24, 2.45) is 0 Å². The zero-order chi connectivity index (χ0) is 13.8. The summed E-state index contributed by atoms with van der Waals surface area (Å²) in [4.78, 5) is 15.0. The van der Waals surface area contributed by atoms with Crippen LogP contribution in [0.3, 0.4) is 0 Å². The number of carbonyl (C=O) groups is 1. The Balaban J connectivity index is 2.14. The molecule has 0 bridgehead atoms. The number of ether oxygens (including phenoxy) is 1. The highest BCUT2D eigenvalue weighted by molar-refractivity contribution is 9.10. The number of hydrogen-bond donors (Lipinski definition) is 0. The third-order valence-corrected chi connectivity index (χ3v) is 3.12. The molecule has 0 aliphatic rings. The van der Waals surface area contributed by atoms with Crippen molar-refractivity contribution in [3.63, 3.8) is 0 Å². The van der Waals surface area contributed by atoms with Gasteiger partial charge in [-0.15, -0.1) is 0 Å². The van der Waals surface area contributed by atoms with Crippen molar-refractivity contribution in [3.8, 4) is 5.75 Å². The molecular weight excluding hydrogens is 313 g/mol. The van der Waals surface area contributed by atoms with Gasteiger partial charge >= 0.3 is 0 Å². The second-order valence-electron chi connectivity index (χ2n) is 3.99. The number of aromatic nitrogens is 1. The van der Waals surface area contributed by atoms with Crippen molar-refractivity contribution in [2.75, 3.05) is 0 Å². The van der Waals surface area contributed by atoms with E-state index < -0.39 is 0 Å². The number of halogens is 2. The summed E-state index contributed by atoms with van der Waals surface area (Å²) >= 11 is 3.11. The first-order valence-electron chi connectivity index (χ1n) is 5.59. The number of aryl methyl sites for hydroxylation is 1. The molecule has 1 aromatic carbocycles. The first-order valence-corrected chi connectivity index (χ1v) is 6.39. The lowest BCUT2D eigenvalue weighted by Crippen LogP contribution is -2.01. The Hall–Kier alpha value is -1.75. The molecule has 0 aliphatic carbocycles. The van der Waals surface area contributed by atoms with Crippen LogP contribution in [0.4, 0.5) is 4.39 Å². The van der Waals surface area contributed by atoms with Gasteiger partial charge in [0.25, 0.3) is 0 Å². The standard InChI is InChI=1S/C14H11BrFNO2/c1-9-2-5-14(13(7-18)17-9)19-8-10-3-4-12(16)11(15)6-10/h2-7H,8H2,1H3. The van der Waals surface area contributed by atoms with E-state index in [1.807, 2.05) is 0 Å². The second kappa shape index (κ2) is 5.93. The number of carbonyl (C=O) groups excluding carboxylic acids is 1. The molecule has 0 N–H and O–H groups in total. The molecular formula is C14H11BrFNO2. The lowest BCUT2D eigenvalue weighted by Gasteiger charge is -2.09. The van der Waals surface area contributed by atoms with Gasteiger partial charge in [0, 0.05) is 5.69 Å². The molecule has 98 valence electrons. The minimum Gasteiger partial charge on any atom is -0.487 e. The van der Waals surface area contributed by atoms with E-state index in [0.717, 1.165) is 11.3 Å². The summed E-state index contributed by atoms with van der Waals surface area (Å²) in [5, 5.41) is 0. The average molecular weight is 324 g/mol. The normalized spacial score (nSPS) is 10.3. The molecule has 0 radical (unpaired) electrons. The molecule has 5 heteroatoms. The molecule has 0 saturated heterocycles. The Labute approximate surface area is 118 Å². The Morgan fingerprint density at radius 2 is 2.16 bits per heavy atom. The number of hydrogen-bond acceptors (Lipinski definition) is 3. The number of benzene rings is 1. The molecule has 0 saturated carbocycles. The minimum atomic E-state index is -0.325. The Kier molecular flexibility index (Phi) is 4.27. The van der Waals surface area contributed by atoms with E-state index in [1.54, 1.807) is 31.2 Å². The molecule has 0 amide bonds. The van der Waals surface area contributed by atoms with E-state index in [2.05, 4.69) is 20.9 Å². The van der Waals surface area contributed by atoms with Crippen LogP contribution in [0, 0.1) is 12.7 Å². The average Bonchev–Trinajstić information content (AvgIpc) is 2.41. The molecule has 2 rings (SSSR count). The van der Waals surface area contributed by atoms with Crippen LogP contribution < -0.4 is 4.74 Å². The predicted octanol–water partition coefficient (Wildman–Crippen LogP) is 3.68. The SMILES string of the molecule is Cc1ccc(OCc2ccc(F)c(Br)c2)c(C=O)n1. The lowest BCUT2D eigenvalue weighted by molar-refractivity contribution is 0.111. The van der Waals surface area contributed by atoms with Crippen LogP contribution in [0.1, 0.15) is 21.7 Å². The number of aldehydes is 1. The highest BCUT2D eigenvalue weighted by atomic mass is 79.9. The van der Waals surface area contributed by atoms with Crippen LogP contribution >= 0.6 is 15.9 Å². The summed E-state index contributed by atoms with van der Waals surface area (Å²) in [5.41, 5.74) is 1.81. The van der Waals surface area contributed by atoms with Crippen LogP contribution in [-0.4, -0.2) is 11.3 Å². The van der Waals surface area contributed by atoms with E-state index in [0.29, 0.717) is 16.5 Å². The largest absolute Gasteiger partial charge is 0.487 e. The van der Waals surface area contributed by atoms with Crippen molar-refractivity contribution in [2.45, 2.75) is 13.5 Å². The lowest BCUT2D eigenvalue weighted by atomic mass is 10.2. The van der Waals surface area contributed by atoms with Crippen molar-refractivity contribution < 1.29 is 13.9 Å². The van der Waals surface area contributed by atoms with E-state index in [9.17, 15) is 9.18 Å². The highest BCUT2D eigenvalue weighted by Gasteiger charge is 2.06. The third kappa shape index (κ3) is 3.38. The first kappa shape index (κ1) is 13.7. The fourth-order valence-corrected chi connectivity index (χ4v) is 1.99. The molecule has 0 fully saturated rings. The zero-order valence-corrected chi connectivity index (χ0v) is 11.8. The molecule has 19 heavy (non-hydrogen) atoms. The van der Waals surface area contributed by atoms with Gasteiger partial charge in [-0.1, -0.05) is 6.07 Å². The van der Waals surface area contributed by atoms with Crippen LogP contribution in [0.25, 0.3) is 0 Å². The first-order chi connectivity index (χ1) is 9.10. The maximum Gasteiger partial charge on any atom is 0.172 e. The number of nitrogens with zero attached hydrogens (tertiary/aromatic N) is 1. The summed E-state index contributed by atoms with van der Waals surface area (Å²) < 4.78 is 19.0. The predicted molar refractivity (Wildman–Crippen MR) is 72.8 cm³/mol. The van der Waals surface area contributed by atoms with Crippen LogP contribution in [0.15, 0.2) is 34.8 Å². The zero-order valence-electron chi connectivity index (χ0n) is 10.2. The fraction of sp³-hybridized carbons (Fsp3) is 0.143. The Morgan fingerprint density at radius 3 is 2.84 bits per heavy atom. The topological polar surface area (TPSA) is 39.2 Å². The van der Waals surface area contributed by atoms with Crippen molar-refractivity contribution in [1.29, 1.82) is 0 Å². The van der Waals surface area contributed by atoms with Crippen LogP contribution in [0.5, 0.6) is 5.75 Å². The molecule has 3 nitrogen and oxygen atoms in total. The quantitative estimate of drug-likeness (QED) is 0.806. The van der Waals surface area contributed by atoms with Gasteiger partial charge in [0.1, 0.15) is 23.9 Å². The minimum absolute atomic E-state index is 0.241. The fourth-order valence-electron chi connectivity index (χ4n) is 1.56. The van der Waals surface area contributed by atoms with E-state index >= 15 is 0 Å².